The summed E-state index contributed by atoms with van der Waals surface area (Å²) < 4.78 is 16.2. The molecule has 1 aromatic carbocycles. The van der Waals surface area contributed by atoms with E-state index in [4.69, 9.17) is 13.6 Å². The molecule has 6 nitrogen and oxygen atoms in total. The van der Waals surface area contributed by atoms with Gasteiger partial charge in [0.05, 0.1) is 18.4 Å². The molecule has 27 heavy (non-hydrogen) atoms. The molecular formula is C21H18N2O4. The molecule has 2 aromatic heterocycles. The molecule has 0 aliphatic carbocycles. The van der Waals surface area contributed by atoms with Crippen LogP contribution in [0, 0.1) is 25.2 Å². The van der Waals surface area contributed by atoms with Crippen molar-refractivity contribution in [3.63, 3.8) is 0 Å². The predicted molar refractivity (Wildman–Crippen MR) is 100 cm³/mol. The van der Waals surface area contributed by atoms with Gasteiger partial charge < -0.3 is 13.6 Å². The zero-order valence-electron chi connectivity index (χ0n) is 15.3. The SMILES string of the molecule is CCOC(=O)c1ccc(-c2ccc(C=Nc3oc(C)c(C)c3C#N)o2)cc1. The molecule has 6 heteroatoms. The lowest BCUT2D eigenvalue weighted by Gasteiger charge is -2.02. The van der Waals surface area contributed by atoms with Gasteiger partial charge in [-0.1, -0.05) is 12.1 Å². The highest BCUT2D eigenvalue weighted by molar-refractivity contribution is 5.90. The van der Waals surface area contributed by atoms with Crippen molar-refractivity contribution >= 4 is 18.1 Å². The number of aryl methyl sites for hydroxylation is 1. The third-order valence-corrected chi connectivity index (χ3v) is 4.09. The van der Waals surface area contributed by atoms with Gasteiger partial charge in [0.2, 0.25) is 5.88 Å². The highest BCUT2D eigenvalue weighted by atomic mass is 16.5. The van der Waals surface area contributed by atoms with Gasteiger partial charge in [0, 0.05) is 11.1 Å². The predicted octanol–water partition coefficient (Wildman–Crippen LogP) is 4.96. The molecule has 0 fully saturated rings. The van der Waals surface area contributed by atoms with Gasteiger partial charge in [-0.2, -0.15) is 5.26 Å². The Morgan fingerprint density at radius 1 is 1.19 bits per heavy atom. The summed E-state index contributed by atoms with van der Waals surface area (Å²) in [7, 11) is 0. The van der Waals surface area contributed by atoms with Crippen molar-refractivity contribution in [3.8, 4) is 17.4 Å². The van der Waals surface area contributed by atoms with Gasteiger partial charge in [-0.25, -0.2) is 9.79 Å². The second kappa shape index (κ2) is 7.75. The maximum Gasteiger partial charge on any atom is 0.338 e. The number of ether oxygens (including phenoxy) is 1. The molecule has 0 atom stereocenters. The van der Waals surface area contributed by atoms with E-state index in [1.807, 2.05) is 13.0 Å². The molecule has 3 rings (SSSR count). The van der Waals surface area contributed by atoms with Crippen LogP contribution in [0.4, 0.5) is 5.88 Å². The molecule has 0 N–H and O–H groups in total. The molecule has 0 spiro atoms. The van der Waals surface area contributed by atoms with E-state index in [1.165, 1.54) is 6.21 Å². The largest absolute Gasteiger partial charge is 0.462 e. The first kappa shape index (κ1) is 18.2. The first-order chi connectivity index (χ1) is 13.0. The topological polar surface area (TPSA) is 88.7 Å². The number of nitrogens with zero attached hydrogens (tertiary/aromatic N) is 2. The fourth-order valence-electron chi connectivity index (χ4n) is 2.52. The summed E-state index contributed by atoms with van der Waals surface area (Å²) in [6.07, 6.45) is 1.51. The molecule has 0 aliphatic rings. The van der Waals surface area contributed by atoms with Gasteiger partial charge in [0.1, 0.15) is 28.9 Å². The van der Waals surface area contributed by atoms with E-state index in [-0.39, 0.29) is 11.9 Å². The molecular weight excluding hydrogens is 344 g/mol. The number of carbonyl (C=O) groups excluding carboxylic acids is 1. The number of benzene rings is 1. The highest BCUT2D eigenvalue weighted by Crippen LogP contribution is 2.28. The van der Waals surface area contributed by atoms with Crippen molar-refractivity contribution < 1.29 is 18.4 Å². The third-order valence-electron chi connectivity index (χ3n) is 4.09. The number of carbonyl (C=O) groups is 1. The smallest absolute Gasteiger partial charge is 0.338 e. The Morgan fingerprint density at radius 2 is 1.93 bits per heavy atom. The standard InChI is InChI=1S/C21H18N2O4/c1-4-25-21(24)16-7-5-15(6-8-16)19-10-9-17(27-19)12-23-20-18(11-22)13(2)14(3)26-20/h5-10,12H,4H2,1-3H3. The maximum atomic E-state index is 11.7. The van der Waals surface area contributed by atoms with Gasteiger partial charge in [0.25, 0.3) is 0 Å². The monoisotopic (exact) mass is 362 g/mol. The van der Waals surface area contributed by atoms with Crippen LogP contribution in [0.2, 0.25) is 0 Å². The molecule has 0 unspecified atom stereocenters. The van der Waals surface area contributed by atoms with Gasteiger partial charge >= 0.3 is 5.97 Å². The van der Waals surface area contributed by atoms with Gasteiger partial charge in [-0.05, 0) is 45.0 Å². The minimum Gasteiger partial charge on any atom is -0.462 e. The molecule has 136 valence electrons. The first-order valence-corrected chi connectivity index (χ1v) is 8.45. The Morgan fingerprint density at radius 3 is 2.59 bits per heavy atom. The van der Waals surface area contributed by atoms with E-state index in [2.05, 4.69) is 11.1 Å². The van der Waals surface area contributed by atoms with Crippen LogP contribution in [0.15, 0.2) is 50.2 Å². The second-order valence-corrected chi connectivity index (χ2v) is 5.83. The van der Waals surface area contributed by atoms with Crippen LogP contribution in [0.25, 0.3) is 11.3 Å². The van der Waals surface area contributed by atoms with Crippen LogP contribution in [0.1, 0.15) is 39.9 Å². The lowest BCUT2D eigenvalue weighted by atomic mass is 10.1. The Bertz CT molecular complexity index is 1030. The number of aliphatic imine (C=N–C) groups is 1. The fourth-order valence-corrected chi connectivity index (χ4v) is 2.52. The number of rotatable bonds is 5. The molecule has 0 saturated carbocycles. The zero-order valence-corrected chi connectivity index (χ0v) is 15.3. The fraction of sp³-hybridized carbons (Fsp3) is 0.190. The summed E-state index contributed by atoms with van der Waals surface area (Å²) in [6.45, 7) is 5.72. The Labute approximate surface area is 156 Å². The van der Waals surface area contributed by atoms with Gasteiger partial charge in [-0.3, -0.25) is 0 Å². The van der Waals surface area contributed by atoms with Crippen LogP contribution in [0.5, 0.6) is 0 Å². The van der Waals surface area contributed by atoms with Crippen molar-refractivity contribution in [3.05, 3.63) is 64.6 Å². The molecule has 3 aromatic rings. The van der Waals surface area contributed by atoms with E-state index >= 15 is 0 Å². The Hall–Kier alpha value is -3.59. The summed E-state index contributed by atoms with van der Waals surface area (Å²) in [5.41, 5.74) is 2.52. The molecule has 0 aliphatic heterocycles. The number of furan rings is 2. The number of nitriles is 1. The minimum absolute atomic E-state index is 0.268. The summed E-state index contributed by atoms with van der Waals surface area (Å²) in [5.74, 6) is 1.74. The van der Waals surface area contributed by atoms with Crippen LogP contribution < -0.4 is 0 Å². The first-order valence-electron chi connectivity index (χ1n) is 8.45. The minimum atomic E-state index is -0.353. The lowest BCUT2D eigenvalue weighted by Crippen LogP contribution is -2.03. The van der Waals surface area contributed by atoms with E-state index < -0.39 is 0 Å². The number of hydrogen-bond donors (Lipinski definition) is 0. The van der Waals surface area contributed by atoms with E-state index in [1.54, 1.807) is 44.2 Å². The van der Waals surface area contributed by atoms with Gasteiger partial charge in [0.15, 0.2) is 0 Å². The molecule has 0 amide bonds. The number of esters is 1. The molecule has 0 saturated heterocycles. The highest BCUT2D eigenvalue weighted by Gasteiger charge is 2.13. The van der Waals surface area contributed by atoms with Crippen LogP contribution in [0.3, 0.4) is 0 Å². The average Bonchev–Trinajstić information content (AvgIpc) is 3.25. The normalized spacial score (nSPS) is 10.9. The second-order valence-electron chi connectivity index (χ2n) is 5.83. The third kappa shape index (κ3) is 3.82. The Kier molecular flexibility index (Phi) is 5.23. The summed E-state index contributed by atoms with van der Waals surface area (Å²) in [6, 6.07) is 12.6. The van der Waals surface area contributed by atoms with E-state index in [0.29, 0.717) is 35.0 Å². The zero-order chi connectivity index (χ0) is 19.4. The molecule has 0 bridgehead atoms. The number of hydrogen-bond acceptors (Lipinski definition) is 6. The van der Waals surface area contributed by atoms with Crippen LogP contribution in [-0.4, -0.2) is 18.8 Å². The van der Waals surface area contributed by atoms with Crippen LogP contribution >= 0.6 is 0 Å². The van der Waals surface area contributed by atoms with Crippen molar-refractivity contribution in [1.29, 1.82) is 5.26 Å². The Balaban J connectivity index is 1.78. The average molecular weight is 362 g/mol. The van der Waals surface area contributed by atoms with Gasteiger partial charge in [-0.15, -0.1) is 0 Å². The molecule has 0 radical (unpaired) electrons. The van der Waals surface area contributed by atoms with Crippen molar-refractivity contribution in [2.75, 3.05) is 6.61 Å². The summed E-state index contributed by atoms with van der Waals surface area (Å²) in [4.78, 5) is 15.9. The van der Waals surface area contributed by atoms with E-state index in [0.717, 1.165) is 11.1 Å². The van der Waals surface area contributed by atoms with Crippen molar-refractivity contribution in [2.45, 2.75) is 20.8 Å². The van der Waals surface area contributed by atoms with Crippen molar-refractivity contribution in [1.82, 2.24) is 0 Å². The summed E-state index contributed by atoms with van der Waals surface area (Å²) in [5, 5.41) is 9.22. The summed E-state index contributed by atoms with van der Waals surface area (Å²) >= 11 is 0. The van der Waals surface area contributed by atoms with Crippen molar-refractivity contribution in [2.24, 2.45) is 4.99 Å². The van der Waals surface area contributed by atoms with E-state index in [9.17, 15) is 10.1 Å². The maximum absolute atomic E-state index is 11.7. The quantitative estimate of drug-likeness (QED) is 0.473. The lowest BCUT2D eigenvalue weighted by molar-refractivity contribution is 0.0526. The van der Waals surface area contributed by atoms with Crippen LogP contribution in [-0.2, 0) is 4.74 Å². The molecule has 2 heterocycles.